The molecule has 2 heterocycles. The summed E-state index contributed by atoms with van der Waals surface area (Å²) in [5.41, 5.74) is 4.68. The maximum absolute atomic E-state index is 13.1. The lowest BCUT2D eigenvalue weighted by molar-refractivity contribution is 0.390. The van der Waals surface area contributed by atoms with Gasteiger partial charge in [-0.3, -0.25) is 4.72 Å². The molecule has 0 unspecified atom stereocenters. The Labute approximate surface area is 181 Å². The van der Waals surface area contributed by atoms with Crippen LogP contribution in [-0.4, -0.2) is 32.0 Å². The van der Waals surface area contributed by atoms with Gasteiger partial charge in [0.25, 0.3) is 10.0 Å². The quantitative estimate of drug-likeness (QED) is 0.482. The number of pyridine rings is 1. The molecule has 160 valence electrons. The lowest BCUT2D eigenvalue weighted by Crippen LogP contribution is -2.14. The van der Waals surface area contributed by atoms with Crippen LogP contribution < -0.4 is 14.2 Å². The number of methoxy groups -OCH3 is 2. The zero-order valence-corrected chi connectivity index (χ0v) is 18.5. The van der Waals surface area contributed by atoms with E-state index in [2.05, 4.69) is 9.71 Å². The molecule has 1 N–H and O–H groups in total. The van der Waals surface area contributed by atoms with Gasteiger partial charge in [0.05, 0.1) is 19.9 Å². The summed E-state index contributed by atoms with van der Waals surface area (Å²) >= 11 is 0. The van der Waals surface area contributed by atoms with Crippen LogP contribution in [0.5, 0.6) is 11.5 Å². The molecule has 0 radical (unpaired) electrons. The molecule has 4 rings (SSSR count). The summed E-state index contributed by atoms with van der Waals surface area (Å²) in [5, 5.41) is 0. The molecule has 0 saturated carbocycles. The maximum atomic E-state index is 13.1. The lowest BCUT2D eigenvalue weighted by Gasteiger charge is -2.15. The Balaban J connectivity index is 1.71. The number of sulfonamides is 1. The van der Waals surface area contributed by atoms with E-state index >= 15 is 0 Å². The second kappa shape index (κ2) is 7.96. The van der Waals surface area contributed by atoms with E-state index in [1.54, 1.807) is 24.3 Å². The summed E-state index contributed by atoms with van der Waals surface area (Å²) in [6.45, 7) is 3.82. The van der Waals surface area contributed by atoms with Crippen molar-refractivity contribution in [2.24, 2.45) is 0 Å². The van der Waals surface area contributed by atoms with Crippen molar-refractivity contribution < 1.29 is 17.9 Å². The first kappa shape index (κ1) is 20.7. The number of anilines is 1. The predicted molar refractivity (Wildman–Crippen MR) is 120 cm³/mol. The van der Waals surface area contributed by atoms with E-state index in [1.165, 1.54) is 20.3 Å². The lowest BCUT2D eigenvalue weighted by atomic mass is 10.1. The molecule has 2 aromatic carbocycles. The number of nitrogens with one attached hydrogen (secondary N) is 1. The van der Waals surface area contributed by atoms with Crippen LogP contribution in [0.25, 0.3) is 16.9 Å². The van der Waals surface area contributed by atoms with Gasteiger partial charge in [-0.05, 0) is 49.2 Å². The second-order valence-electron chi connectivity index (χ2n) is 7.21. The molecule has 0 aliphatic carbocycles. The van der Waals surface area contributed by atoms with Crippen LogP contribution in [0.4, 0.5) is 5.69 Å². The average molecular weight is 438 g/mol. The molecule has 31 heavy (non-hydrogen) atoms. The third-order valence-electron chi connectivity index (χ3n) is 5.06. The normalized spacial score (nSPS) is 11.5. The van der Waals surface area contributed by atoms with Crippen LogP contribution in [0.15, 0.2) is 65.8 Å². The van der Waals surface area contributed by atoms with E-state index in [-0.39, 0.29) is 10.6 Å². The first-order chi connectivity index (χ1) is 14.8. The molecule has 2 aromatic heterocycles. The van der Waals surface area contributed by atoms with E-state index in [0.717, 1.165) is 28.0 Å². The molecule has 0 aliphatic heterocycles. The summed E-state index contributed by atoms with van der Waals surface area (Å²) in [4.78, 5) is 4.69. The molecule has 7 nitrogen and oxygen atoms in total. The van der Waals surface area contributed by atoms with E-state index in [1.807, 2.05) is 48.8 Å². The fraction of sp³-hybridized carbons (Fsp3) is 0.174. The molecule has 0 spiro atoms. The monoisotopic (exact) mass is 437 g/mol. The molecule has 0 fully saturated rings. The van der Waals surface area contributed by atoms with E-state index in [9.17, 15) is 8.42 Å². The van der Waals surface area contributed by atoms with Gasteiger partial charge in [-0.15, -0.1) is 0 Å². The Morgan fingerprint density at radius 3 is 2.42 bits per heavy atom. The van der Waals surface area contributed by atoms with Gasteiger partial charge in [0.2, 0.25) is 0 Å². The van der Waals surface area contributed by atoms with Crippen molar-refractivity contribution in [2.75, 3.05) is 18.9 Å². The molecular formula is C23H23N3O4S. The van der Waals surface area contributed by atoms with Gasteiger partial charge in [-0.25, -0.2) is 13.4 Å². The largest absolute Gasteiger partial charge is 0.496 e. The Morgan fingerprint density at radius 2 is 1.71 bits per heavy atom. The summed E-state index contributed by atoms with van der Waals surface area (Å²) in [6.07, 6.45) is 3.85. The van der Waals surface area contributed by atoms with Crippen LogP contribution in [-0.2, 0) is 10.0 Å². The molecule has 0 bridgehead atoms. The van der Waals surface area contributed by atoms with E-state index < -0.39 is 10.0 Å². The van der Waals surface area contributed by atoms with Crippen LogP contribution >= 0.6 is 0 Å². The van der Waals surface area contributed by atoms with Gasteiger partial charge in [-0.2, -0.15) is 0 Å². The summed E-state index contributed by atoms with van der Waals surface area (Å²) in [6, 6.07) is 14.2. The summed E-state index contributed by atoms with van der Waals surface area (Å²) in [5.74, 6) is 0.716. The number of benzene rings is 2. The Morgan fingerprint density at radius 1 is 0.935 bits per heavy atom. The topological polar surface area (TPSA) is 81.9 Å². The van der Waals surface area contributed by atoms with Gasteiger partial charge >= 0.3 is 0 Å². The summed E-state index contributed by atoms with van der Waals surface area (Å²) in [7, 11) is -0.981. The predicted octanol–water partition coefficient (Wildman–Crippen LogP) is 4.44. The molecule has 0 aliphatic rings. The molecule has 0 saturated heterocycles. The standard InChI is InChI=1S/C23H23N3O4S/c1-15-7-6-10-26-14-19(24-23(15)26)17-8-5-9-18(12-17)25-31(27,28)22-13-20(29-3)16(2)11-21(22)30-4/h5-14,25H,1-4H3. The summed E-state index contributed by atoms with van der Waals surface area (Å²) < 4.78 is 41.4. The van der Waals surface area contributed by atoms with Crippen molar-refractivity contribution >= 4 is 21.4 Å². The van der Waals surface area contributed by atoms with Crippen molar-refractivity contribution in [3.63, 3.8) is 0 Å². The number of hydrogen-bond acceptors (Lipinski definition) is 5. The Hall–Kier alpha value is -3.52. The van der Waals surface area contributed by atoms with Gasteiger partial charge < -0.3 is 13.9 Å². The SMILES string of the molecule is COc1cc(S(=O)(=O)Nc2cccc(-c3cn4cccc(C)c4n3)c2)c(OC)cc1C. The zero-order valence-electron chi connectivity index (χ0n) is 17.7. The van der Waals surface area contributed by atoms with Crippen LogP contribution in [0.2, 0.25) is 0 Å². The average Bonchev–Trinajstić information content (AvgIpc) is 3.19. The number of ether oxygens (including phenoxy) is 2. The fourth-order valence-electron chi connectivity index (χ4n) is 3.48. The molecule has 0 amide bonds. The first-order valence-corrected chi connectivity index (χ1v) is 11.1. The van der Waals surface area contributed by atoms with Crippen molar-refractivity contribution in [3.05, 3.63) is 72.1 Å². The minimum Gasteiger partial charge on any atom is -0.496 e. The number of hydrogen-bond donors (Lipinski definition) is 1. The number of imidazole rings is 1. The van der Waals surface area contributed by atoms with Crippen LogP contribution in [0, 0.1) is 13.8 Å². The number of aryl methyl sites for hydroxylation is 2. The third kappa shape index (κ3) is 3.94. The van der Waals surface area contributed by atoms with Gasteiger partial charge in [0.15, 0.2) is 0 Å². The van der Waals surface area contributed by atoms with Crippen LogP contribution in [0.1, 0.15) is 11.1 Å². The van der Waals surface area contributed by atoms with Crippen molar-refractivity contribution in [3.8, 4) is 22.8 Å². The van der Waals surface area contributed by atoms with Crippen molar-refractivity contribution in [2.45, 2.75) is 18.7 Å². The minimum absolute atomic E-state index is 0.00575. The third-order valence-corrected chi connectivity index (χ3v) is 6.46. The minimum atomic E-state index is -3.92. The number of rotatable bonds is 6. The highest BCUT2D eigenvalue weighted by Crippen LogP contribution is 2.33. The van der Waals surface area contributed by atoms with Crippen LogP contribution in [0.3, 0.4) is 0 Å². The highest BCUT2D eigenvalue weighted by Gasteiger charge is 2.22. The Kier molecular flexibility index (Phi) is 5.32. The Bertz CT molecular complexity index is 1380. The number of nitrogens with zero attached hydrogens (tertiary/aromatic N) is 2. The van der Waals surface area contributed by atoms with E-state index in [4.69, 9.17) is 9.47 Å². The van der Waals surface area contributed by atoms with Gasteiger partial charge in [0.1, 0.15) is 22.0 Å². The second-order valence-corrected chi connectivity index (χ2v) is 8.86. The molecule has 8 heteroatoms. The smallest absolute Gasteiger partial charge is 0.265 e. The van der Waals surface area contributed by atoms with Gasteiger partial charge in [-0.1, -0.05) is 18.2 Å². The van der Waals surface area contributed by atoms with Crippen molar-refractivity contribution in [1.82, 2.24) is 9.38 Å². The highest BCUT2D eigenvalue weighted by molar-refractivity contribution is 7.92. The molecule has 4 aromatic rings. The van der Waals surface area contributed by atoms with E-state index in [0.29, 0.717) is 11.4 Å². The maximum Gasteiger partial charge on any atom is 0.265 e. The van der Waals surface area contributed by atoms with Crippen molar-refractivity contribution in [1.29, 1.82) is 0 Å². The fourth-order valence-corrected chi connectivity index (χ4v) is 4.69. The highest BCUT2D eigenvalue weighted by atomic mass is 32.2. The number of fused-ring (bicyclic) bond motifs is 1. The zero-order chi connectivity index (χ0) is 22.2. The molecule has 0 atom stereocenters. The molecular weight excluding hydrogens is 414 g/mol. The first-order valence-electron chi connectivity index (χ1n) is 9.62. The van der Waals surface area contributed by atoms with Gasteiger partial charge in [0, 0.05) is 29.7 Å². The number of aromatic nitrogens is 2.